The van der Waals surface area contributed by atoms with E-state index in [1.165, 1.54) is 12.1 Å². The van der Waals surface area contributed by atoms with Gasteiger partial charge in [-0.1, -0.05) is 0 Å². The molecule has 4 aliphatic heterocycles. The molecular formula is C22H28N4O3. The van der Waals surface area contributed by atoms with Gasteiger partial charge in [-0.05, 0) is 57.4 Å². The van der Waals surface area contributed by atoms with Crippen molar-refractivity contribution >= 4 is 23.4 Å². The van der Waals surface area contributed by atoms with Crippen molar-refractivity contribution in [2.45, 2.75) is 70.2 Å². The summed E-state index contributed by atoms with van der Waals surface area (Å²) < 4.78 is 0. The van der Waals surface area contributed by atoms with E-state index in [0.29, 0.717) is 30.6 Å². The molecule has 1 aromatic carbocycles. The first-order chi connectivity index (χ1) is 13.7. The SMILES string of the molecule is CC(C)(C)N1CC2CC1CN2c1ccc2c(c1)CN([C@H]1CCC(=O)NC1=O)C2=O. The Hall–Kier alpha value is -2.41. The summed E-state index contributed by atoms with van der Waals surface area (Å²) in [5, 5.41) is 2.36. The molecule has 3 atom stereocenters. The topological polar surface area (TPSA) is 73.0 Å². The lowest BCUT2D eigenvalue weighted by Gasteiger charge is -2.42. The van der Waals surface area contributed by atoms with E-state index in [2.05, 4.69) is 42.0 Å². The molecule has 4 heterocycles. The Bertz CT molecular complexity index is 906. The molecule has 3 fully saturated rings. The van der Waals surface area contributed by atoms with E-state index in [-0.39, 0.29) is 29.7 Å². The summed E-state index contributed by atoms with van der Waals surface area (Å²) >= 11 is 0. The number of hydrogen-bond acceptors (Lipinski definition) is 5. The zero-order chi connectivity index (χ0) is 20.5. The first-order valence-electron chi connectivity index (χ1n) is 10.5. The van der Waals surface area contributed by atoms with Crippen LogP contribution in [0.3, 0.4) is 0 Å². The maximum atomic E-state index is 12.9. The van der Waals surface area contributed by atoms with Gasteiger partial charge in [0, 0.05) is 54.9 Å². The van der Waals surface area contributed by atoms with Gasteiger partial charge in [0.15, 0.2) is 0 Å². The zero-order valence-corrected chi connectivity index (χ0v) is 17.3. The third-order valence-electron chi connectivity index (χ3n) is 6.94. The largest absolute Gasteiger partial charge is 0.366 e. The molecule has 7 heteroatoms. The molecule has 0 aromatic heterocycles. The van der Waals surface area contributed by atoms with E-state index >= 15 is 0 Å². The van der Waals surface area contributed by atoms with Crippen LogP contribution < -0.4 is 10.2 Å². The van der Waals surface area contributed by atoms with Crippen LogP contribution in [0.5, 0.6) is 0 Å². The zero-order valence-electron chi connectivity index (χ0n) is 17.3. The molecule has 4 aliphatic rings. The summed E-state index contributed by atoms with van der Waals surface area (Å²) in [6.07, 6.45) is 1.87. The van der Waals surface area contributed by atoms with E-state index in [9.17, 15) is 14.4 Å². The number of carbonyl (C=O) groups excluding carboxylic acids is 3. The molecule has 29 heavy (non-hydrogen) atoms. The molecule has 3 saturated heterocycles. The number of fused-ring (bicyclic) bond motifs is 3. The van der Waals surface area contributed by atoms with Crippen molar-refractivity contribution in [3.8, 4) is 0 Å². The van der Waals surface area contributed by atoms with Gasteiger partial charge in [-0.25, -0.2) is 0 Å². The highest BCUT2D eigenvalue weighted by Gasteiger charge is 2.47. The normalized spacial score (nSPS) is 29.6. The van der Waals surface area contributed by atoms with Gasteiger partial charge in [0.2, 0.25) is 11.8 Å². The van der Waals surface area contributed by atoms with Crippen LogP contribution in [0.1, 0.15) is 56.0 Å². The summed E-state index contributed by atoms with van der Waals surface area (Å²) in [5.74, 6) is -0.726. The van der Waals surface area contributed by atoms with Crippen molar-refractivity contribution < 1.29 is 14.4 Å². The van der Waals surface area contributed by atoms with Crippen molar-refractivity contribution in [1.82, 2.24) is 15.1 Å². The Balaban J connectivity index is 1.34. The van der Waals surface area contributed by atoms with Gasteiger partial charge in [0.25, 0.3) is 5.91 Å². The third kappa shape index (κ3) is 2.94. The van der Waals surface area contributed by atoms with Crippen LogP contribution in [0.15, 0.2) is 18.2 Å². The molecule has 0 aliphatic carbocycles. The number of hydrogen-bond donors (Lipinski definition) is 1. The molecule has 1 N–H and O–H groups in total. The Morgan fingerprint density at radius 2 is 1.83 bits per heavy atom. The molecule has 7 nitrogen and oxygen atoms in total. The first kappa shape index (κ1) is 18.6. The highest BCUT2D eigenvalue weighted by molar-refractivity contribution is 6.05. The van der Waals surface area contributed by atoms with Crippen molar-refractivity contribution in [3.05, 3.63) is 29.3 Å². The lowest BCUT2D eigenvalue weighted by Crippen LogP contribution is -2.53. The van der Waals surface area contributed by atoms with Crippen LogP contribution >= 0.6 is 0 Å². The Kier molecular flexibility index (Phi) is 4.04. The van der Waals surface area contributed by atoms with Crippen molar-refractivity contribution in [2.24, 2.45) is 0 Å². The van der Waals surface area contributed by atoms with Crippen molar-refractivity contribution in [1.29, 1.82) is 0 Å². The number of anilines is 1. The maximum absolute atomic E-state index is 12.9. The van der Waals surface area contributed by atoms with Crippen molar-refractivity contribution in [2.75, 3.05) is 18.0 Å². The monoisotopic (exact) mass is 396 g/mol. The number of nitrogens with zero attached hydrogens (tertiary/aromatic N) is 3. The second-order valence-corrected chi connectivity index (χ2v) is 9.76. The van der Waals surface area contributed by atoms with E-state index in [1.807, 2.05) is 12.1 Å². The standard InChI is InChI=1S/C22H28N4O3/c1-22(2,3)26-12-15-9-16(26)11-24(15)14-4-5-17-13(8-14)10-25(21(17)29)18-6-7-19(27)23-20(18)28/h4-5,8,15-16,18H,6-7,9-12H2,1-3H3,(H,23,27,28)/t15?,16?,18-/m0/s1. The first-order valence-corrected chi connectivity index (χ1v) is 10.5. The minimum atomic E-state index is -0.556. The molecule has 154 valence electrons. The van der Waals surface area contributed by atoms with Crippen LogP contribution in [0.2, 0.25) is 0 Å². The number of carbonyl (C=O) groups is 3. The van der Waals surface area contributed by atoms with Gasteiger partial charge in [0.1, 0.15) is 6.04 Å². The summed E-state index contributed by atoms with van der Waals surface area (Å²) in [4.78, 5) is 43.2. The van der Waals surface area contributed by atoms with Crippen LogP contribution in [0.4, 0.5) is 5.69 Å². The highest BCUT2D eigenvalue weighted by Crippen LogP contribution is 2.39. The number of piperazine rings is 1. The fraction of sp³-hybridized carbons (Fsp3) is 0.591. The third-order valence-corrected chi connectivity index (χ3v) is 6.94. The molecular weight excluding hydrogens is 368 g/mol. The number of nitrogens with one attached hydrogen (secondary N) is 1. The van der Waals surface area contributed by atoms with Gasteiger partial charge < -0.3 is 9.80 Å². The molecule has 1 aromatic rings. The van der Waals surface area contributed by atoms with Gasteiger partial charge in [-0.2, -0.15) is 0 Å². The lowest BCUT2D eigenvalue weighted by atomic mass is 10.0. The number of likely N-dealkylation sites (tertiary alicyclic amines) is 1. The lowest BCUT2D eigenvalue weighted by molar-refractivity contribution is -0.136. The number of rotatable bonds is 2. The highest BCUT2D eigenvalue weighted by atomic mass is 16.2. The predicted molar refractivity (Wildman–Crippen MR) is 108 cm³/mol. The van der Waals surface area contributed by atoms with Crippen LogP contribution in [-0.2, 0) is 16.1 Å². The van der Waals surface area contributed by atoms with Gasteiger partial charge >= 0.3 is 0 Å². The van der Waals surface area contributed by atoms with Crippen LogP contribution in [0, 0.1) is 0 Å². The average Bonchev–Trinajstić information content (AvgIpc) is 3.34. The Labute approximate surface area is 171 Å². The van der Waals surface area contributed by atoms with Gasteiger partial charge in [-0.15, -0.1) is 0 Å². The number of piperidine rings is 1. The smallest absolute Gasteiger partial charge is 0.255 e. The molecule has 2 bridgehead atoms. The quantitative estimate of drug-likeness (QED) is 0.768. The Morgan fingerprint density at radius 3 is 2.48 bits per heavy atom. The summed E-state index contributed by atoms with van der Waals surface area (Å²) in [5.41, 5.74) is 3.02. The molecule has 0 saturated carbocycles. The summed E-state index contributed by atoms with van der Waals surface area (Å²) in [6.45, 7) is 9.37. The molecule has 0 radical (unpaired) electrons. The molecule has 3 amide bonds. The predicted octanol–water partition coefficient (Wildman–Crippen LogP) is 1.51. The van der Waals surface area contributed by atoms with Gasteiger partial charge in [-0.3, -0.25) is 24.6 Å². The molecule has 2 unspecified atom stereocenters. The summed E-state index contributed by atoms with van der Waals surface area (Å²) in [7, 11) is 0. The second kappa shape index (κ2) is 6.29. The molecule has 5 rings (SSSR count). The van der Waals surface area contributed by atoms with E-state index in [4.69, 9.17) is 0 Å². The number of imide groups is 1. The minimum Gasteiger partial charge on any atom is -0.366 e. The number of amides is 3. The summed E-state index contributed by atoms with van der Waals surface area (Å²) in [6, 6.07) is 6.62. The maximum Gasteiger partial charge on any atom is 0.255 e. The average molecular weight is 396 g/mol. The fourth-order valence-corrected chi connectivity index (χ4v) is 5.54. The molecule has 0 spiro atoms. The van der Waals surface area contributed by atoms with E-state index in [0.717, 1.165) is 18.7 Å². The van der Waals surface area contributed by atoms with Gasteiger partial charge in [0.05, 0.1) is 0 Å². The van der Waals surface area contributed by atoms with Crippen LogP contribution in [-0.4, -0.2) is 64.3 Å². The minimum absolute atomic E-state index is 0.108. The fourth-order valence-electron chi connectivity index (χ4n) is 5.54. The van der Waals surface area contributed by atoms with Crippen molar-refractivity contribution in [3.63, 3.8) is 0 Å². The Morgan fingerprint density at radius 1 is 1.03 bits per heavy atom. The number of benzene rings is 1. The van der Waals surface area contributed by atoms with E-state index in [1.54, 1.807) is 4.90 Å². The second-order valence-electron chi connectivity index (χ2n) is 9.76. The van der Waals surface area contributed by atoms with E-state index < -0.39 is 6.04 Å². The van der Waals surface area contributed by atoms with Crippen LogP contribution in [0.25, 0.3) is 0 Å².